The molecule has 2 nitrogen and oxygen atoms in total. The lowest BCUT2D eigenvalue weighted by molar-refractivity contribution is 0.0904. The van der Waals surface area contributed by atoms with E-state index in [1.807, 2.05) is 0 Å². The highest BCUT2D eigenvalue weighted by molar-refractivity contribution is 5.51. The molecule has 0 unspecified atom stereocenters. The summed E-state index contributed by atoms with van der Waals surface area (Å²) >= 11 is 0. The van der Waals surface area contributed by atoms with Gasteiger partial charge in [0.2, 0.25) is 0 Å². The van der Waals surface area contributed by atoms with Gasteiger partial charge in [0.1, 0.15) is 0 Å². The number of hydrogen-bond donors (Lipinski definition) is 1. The molecule has 2 aliphatic rings. The van der Waals surface area contributed by atoms with Crippen LogP contribution in [0.5, 0.6) is 0 Å². The summed E-state index contributed by atoms with van der Waals surface area (Å²) in [4.78, 5) is 2.49. The van der Waals surface area contributed by atoms with Crippen LogP contribution in [0.2, 0.25) is 0 Å². The predicted molar refractivity (Wildman–Crippen MR) is 62.8 cm³/mol. The van der Waals surface area contributed by atoms with Crippen LogP contribution in [0.1, 0.15) is 24.8 Å². The molecule has 0 aromatic heterocycles. The van der Waals surface area contributed by atoms with E-state index in [0.717, 1.165) is 0 Å². The van der Waals surface area contributed by atoms with Crippen molar-refractivity contribution in [2.75, 3.05) is 18.0 Å². The van der Waals surface area contributed by atoms with E-state index in [4.69, 9.17) is 5.73 Å². The second-order valence-electron chi connectivity index (χ2n) is 5.08. The summed E-state index contributed by atoms with van der Waals surface area (Å²) in [7, 11) is 0. The van der Waals surface area contributed by atoms with Crippen molar-refractivity contribution in [3.63, 3.8) is 0 Å². The Morgan fingerprint density at radius 2 is 1.80 bits per heavy atom. The van der Waals surface area contributed by atoms with Crippen LogP contribution in [0.4, 0.5) is 5.69 Å². The highest BCUT2D eigenvalue weighted by Gasteiger charge is 2.47. The van der Waals surface area contributed by atoms with Crippen LogP contribution in [0.15, 0.2) is 24.3 Å². The number of nitrogens with zero attached hydrogens (tertiary/aromatic N) is 1. The fraction of sp³-hybridized carbons (Fsp3) is 0.538. The third-order valence-electron chi connectivity index (χ3n) is 4.00. The highest BCUT2D eigenvalue weighted by Crippen LogP contribution is 2.49. The van der Waals surface area contributed by atoms with Gasteiger partial charge in [-0.3, -0.25) is 0 Å². The minimum Gasteiger partial charge on any atom is -0.370 e. The van der Waals surface area contributed by atoms with E-state index in [9.17, 15) is 0 Å². The maximum atomic E-state index is 5.58. The van der Waals surface area contributed by atoms with Crippen LogP contribution in [0.3, 0.4) is 0 Å². The molecule has 15 heavy (non-hydrogen) atoms. The van der Waals surface area contributed by atoms with Gasteiger partial charge < -0.3 is 10.6 Å². The first-order valence-corrected chi connectivity index (χ1v) is 5.85. The Bertz CT molecular complexity index is 343. The zero-order chi connectivity index (χ0) is 10.3. The van der Waals surface area contributed by atoms with Crippen LogP contribution < -0.4 is 10.6 Å². The molecule has 2 fully saturated rings. The molecule has 1 aromatic rings. The summed E-state index contributed by atoms with van der Waals surface area (Å²) in [6.07, 6.45) is 4.34. The Labute approximate surface area is 91.1 Å². The first-order valence-electron chi connectivity index (χ1n) is 5.85. The lowest BCUT2D eigenvalue weighted by Crippen LogP contribution is -2.59. The molecule has 1 heterocycles. The van der Waals surface area contributed by atoms with Crippen molar-refractivity contribution < 1.29 is 0 Å². The molecule has 1 aromatic carbocycles. The van der Waals surface area contributed by atoms with E-state index in [1.165, 1.54) is 43.6 Å². The number of nitrogens with two attached hydrogens (primary N) is 1. The molecule has 1 saturated heterocycles. The summed E-state index contributed by atoms with van der Waals surface area (Å²) < 4.78 is 0. The molecule has 0 bridgehead atoms. The third kappa shape index (κ3) is 1.44. The van der Waals surface area contributed by atoms with Crippen molar-refractivity contribution in [2.45, 2.75) is 25.8 Å². The summed E-state index contributed by atoms with van der Waals surface area (Å²) in [6, 6.07) is 8.68. The van der Waals surface area contributed by atoms with Crippen LogP contribution in [-0.4, -0.2) is 13.1 Å². The Balaban J connectivity index is 1.67. The van der Waals surface area contributed by atoms with Gasteiger partial charge in [-0.1, -0.05) is 18.6 Å². The minimum absolute atomic E-state index is 0.643. The molecule has 0 atom stereocenters. The SMILES string of the molecule is NCc1ccc(N2CC3(CCC3)C2)cc1. The van der Waals surface area contributed by atoms with Gasteiger partial charge in [-0.2, -0.15) is 0 Å². The molecular weight excluding hydrogens is 184 g/mol. The first-order chi connectivity index (χ1) is 7.31. The number of rotatable bonds is 2. The topological polar surface area (TPSA) is 29.3 Å². The molecule has 1 aliphatic heterocycles. The monoisotopic (exact) mass is 202 g/mol. The minimum atomic E-state index is 0.643. The molecule has 2 heteroatoms. The first kappa shape index (κ1) is 9.22. The second-order valence-corrected chi connectivity index (χ2v) is 5.08. The maximum absolute atomic E-state index is 5.58. The van der Waals surface area contributed by atoms with Gasteiger partial charge in [-0.25, -0.2) is 0 Å². The van der Waals surface area contributed by atoms with Crippen LogP contribution in [-0.2, 0) is 6.54 Å². The summed E-state index contributed by atoms with van der Waals surface area (Å²) in [5, 5.41) is 0. The van der Waals surface area contributed by atoms with Crippen molar-refractivity contribution in [3.05, 3.63) is 29.8 Å². The average molecular weight is 202 g/mol. The number of anilines is 1. The zero-order valence-corrected chi connectivity index (χ0v) is 9.08. The third-order valence-corrected chi connectivity index (χ3v) is 4.00. The van der Waals surface area contributed by atoms with Crippen LogP contribution in [0, 0.1) is 5.41 Å². The van der Waals surface area contributed by atoms with E-state index in [0.29, 0.717) is 12.0 Å². The van der Waals surface area contributed by atoms with Crippen molar-refractivity contribution >= 4 is 5.69 Å². The molecule has 1 saturated carbocycles. The van der Waals surface area contributed by atoms with Crippen LogP contribution in [0.25, 0.3) is 0 Å². The van der Waals surface area contributed by atoms with E-state index in [2.05, 4.69) is 29.2 Å². The number of hydrogen-bond acceptors (Lipinski definition) is 2. The fourth-order valence-electron chi connectivity index (χ4n) is 2.78. The quantitative estimate of drug-likeness (QED) is 0.796. The summed E-state index contributed by atoms with van der Waals surface area (Å²) in [5.41, 5.74) is 8.88. The fourth-order valence-corrected chi connectivity index (χ4v) is 2.78. The Morgan fingerprint density at radius 1 is 1.13 bits per heavy atom. The lowest BCUT2D eigenvalue weighted by Gasteiger charge is -2.57. The molecule has 3 rings (SSSR count). The summed E-state index contributed by atoms with van der Waals surface area (Å²) in [6.45, 7) is 3.19. The highest BCUT2D eigenvalue weighted by atomic mass is 15.2. The molecule has 1 aliphatic carbocycles. The van der Waals surface area contributed by atoms with E-state index < -0.39 is 0 Å². The molecule has 0 radical (unpaired) electrons. The summed E-state index contributed by atoms with van der Waals surface area (Å²) in [5.74, 6) is 0. The lowest BCUT2D eigenvalue weighted by atomic mass is 9.63. The molecule has 2 N–H and O–H groups in total. The second kappa shape index (κ2) is 3.24. The Morgan fingerprint density at radius 3 is 2.27 bits per heavy atom. The molecule has 0 amide bonds. The van der Waals surface area contributed by atoms with Gasteiger partial charge in [-0.05, 0) is 30.5 Å². The van der Waals surface area contributed by atoms with Gasteiger partial charge in [0.05, 0.1) is 0 Å². The van der Waals surface area contributed by atoms with Gasteiger partial charge in [0.25, 0.3) is 0 Å². The smallest absolute Gasteiger partial charge is 0.0366 e. The van der Waals surface area contributed by atoms with Gasteiger partial charge in [0, 0.05) is 30.7 Å². The van der Waals surface area contributed by atoms with E-state index in [-0.39, 0.29) is 0 Å². The van der Waals surface area contributed by atoms with E-state index >= 15 is 0 Å². The van der Waals surface area contributed by atoms with Crippen molar-refractivity contribution in [1.82, 2.24) is 0 Å². The molecular formula is C13H18N2. The van der Waals surface area contributed by atoms with Gasteiger partial charge in [-0.15, -0.1) is 0 Å². The van der Waals surface area contributed by atoms with Crippen molar-refractivity contribution in [1.29, 1.82) is 0 Å². The maximum Gasteiger partial charge on any atom is 0.0366 e. The molecule has 1 spiro atoms. The van der Waals surface area contributed by atoms with Crippen molar-refractivity contribution in [2.24, 2.45) is 11.1 Å². The van der Waals surface area contributed by atoms with Gasteiger partial charge in [0.15, 0.2) is 0 Å². The standard InChI is InChI=1S/C13H18N2/c14-8-11-2-4-12(5-3-11)15-9-13(10-15)6-1-7-13/h2-5H,1,6-10,14H2. The van der Waals surface area contributed by atoms with Gasteiger partial charge >= 0.3 is 0 Å². The Kier molecular flexibility index (Phi) is 1.99. The zero-order valence-electron chi connectivity index (χ0n) is 9.08. The largest absolute Gasteiger partial charge is 0.370 e. The van der Waals surface area contributed by atoms with Crippen LogP contribution >= 0.6 is 0 Å². The number of benzene rings is 1. The van der Waals surface area contributed by atoms with Crippen molar-refractivity contribution in [3.8, 4) is 0 Å². The average Bonchev–Trinajstić information content (AvgIpc) is 2.14. The Hall–Kier alpha value is -1.02. The van der Waals surface area contributed by atoms with E-state index in [1.54, 1.807) is 0 Å². The molecule has 80 valence electrons. The predicted octanol–water partition coefficient (Wildman–Crippen LogP) is 2.14. The normalized spacial score (nSPS) is 22.3.